The number of nitrogens with zero attached hydrogens (tertiary/aromatic N) is 3. The van der Waals surface area contributed by atoms with Crippen molar-refractivity contribution in [3.8, 4) is 22.7 Å². The second-order valence-corrected chi connectivity index (χ2v) is 12.2. The molecule has 0 saturated heterocycles. The molecule has 1 aliphatic carbocycles. The second kappa shape index (κ2) is 11.8. The van der Waals surface area contributed by atoms with Crippen molar-refractivity contribution in [2.24, 2.45) is 11.3 Å². The lowest BCUT2D eigenvalue weighted by molar-refractivity contribution is -0.148. The first-order chi connectivity index (χ1) is 18.5. The van der Waals surface area contributed by atoms with Crippen molar-refractivity contribution in [3.63, 3.8) is 0 Å². The monoisotopic (exact) mass is 534 g/mol. The molecular weight excluding hydrogens is 492 g/mol. The highest BCUT2D eigenvalue weighted by Crippen LogP contribution is 2.36. The third kappa shape index (κ3) is 6.78. The number of pyridine rings is 1. The zero-order chi connectivity index (χ0) is 28.3. The first kappa shape index (κ1) is 28.6. The predicted octanol–water partition coefficient (Wildman–Crippen LogP) is 6.71. The van der Waals surface area contributed by atoms with E-state index in [9.17, 15) is 9.59 Å². The molecule has 1 atom stereocenters. The van der Waals surface area contributed by atoms with Crippen molar-refractivity contribution >= 4 is 12.0 Å². The number of anilines is 1. The van der Waals surface area contributed by atoms with Crippen LogP contribution in [0.1, 0.15) is 83.9 Å². The third-order valence-electron chi connectivity index (χ3n) is 7.51. The molecule has 1 unspecified atom stereocenters. The van der Waals surface area contributed by atoms with Crippen molar-refractivity contribution in [3.05, 3.63) is 51.8 Å². The Morgan fingerprint density at radius 3 is 2.41 bits per heavy atom. The molecule has 39 heavy (non-hydrogen) atoms. The van der Waals surface area contributed by atoms with E-state index >= 15 is 0 Å². The van der Waals surface area contributed by atoms with Gasteiger partial charge in [-0.15, -0.1) is 5.10 Å². The second-order valence-electron chi connectivity index (χ2n) is 12.2. The van der Waals surface area contributed by atoms with Crippen LogP contribution in [0, 0.1) is 25.2 Å². The van der Waals surface area contributed by atoms with Crippen molar-refractivity contribution in [1.29, 1.82) is 0 Å². The number of ether oxygens (including phenoxy) is 1. The van der Waals surface area contributed by atoms with Crippen LogP contribution >= 0.6 is 0 Å². The van der Waals surface area contributed by atoms with E-state index in [-0.39, 0.29) is 23.5 Å². The summed E-state index contributed by atoms with van der Waals surface area (Å²) >= 11 is 0. The minimum atomic E-state index is -0.782. The van der Waals surface area contributed by atoms with Crippen LogP contribution in [0.4, 0.5) is 6.01 Å². The minimum absolute atomic E-state index is 0.224. The molecule has 0 aliphatic heterocycles. The fraction of sp³-hybridized carbons (Fsp3) is 0.548. The van der Waals surface area contributed by atoms with Gasteiger partial charge in [-0.3, -0.25) is 9.36 Å². The molecule has 8 heteroatoms. The van der Waals surface area contributed by atoms with Gasteiger partial charge in [-0.25, -0.2) is 4.79 Å². The molecule has 1 N–H and O–H groups in total. The van der Waals surface area contributed by atoms with E-state index in [1.165, 1.54) is 18.9 Å². The number of carbonyl (C=O) groups excluding carboxylic acids is 1. The van der Waals surface area contributed by atoms with E-state index in [1.807, 2.05) is 38.1 Å². The smallest absolute Gasteiger partial charge is 0.329 e. The Labute approximate surface area is 231 Å². The molecular formula is C31H42N4O4. The maximum Gasteiger partial charge on any atom is 0.329 e. The van der Waals surface area contributed by atoms with Crippen LogP contribution in [-0.4, -0.2) is 33.4 Å². The maximum absolute atomic E-state index is 13.9. The Balaban J connectivity index is 1.82. The molecule has 8 nitrogen and oxygen atoms in total. The fourth-order valence-corrected chi connectivity index (χ4v) is 5.39. The minimum Gasteiger partial charge on any atom is -0.464 e. The Bertz CT molecular complexity index is 1340. The maximum atomic E-state index is 13.9. The number of carbonyl (C=O) groups is 1. The molecule has 1 aromatic carbocycles. The first-order valence-electron chi connectivity index (χ1n) is 14.1. The van der Waals surface area contributed by atoms with Gasteiger partial charge < -0.3 is 14.5 Å². The molecule has 0 radical (unpaired) electrons. The van der Waals surface area contributed by atoms with E-state index in [2.05, 4.69) is 43.2 Å². The highest BCUT2D eigenvalue weighted by Gasteiger charge is 2.32. The third-order valence-corrected chi connectivity index (χ3v) is 7.51. The molecule has 1 aliphatic rings. The lowest BCUT2D eigenvalue weighted by atomic mass is 9.87. The molecule has 0 amide bonds. The van der Waals surface area contributed by atoms with Crippen LogP contribution in [0.5, 0.6) is 0 Å². The van der Waals surface area contributed by atoms with Gasteiger partial charge >= 0.3 is 12.0 Å². The van der Waals surface area contributed by atoms with E-state index in [0.29, 0.717) is 29.7 Å². The summed E-state index contributed by atoms with van der Waals surface area (Å²) < 4.78 is 13.1. The van der Waals surface area contributed by atoms with Gasteiger partial charge in [0.05, 0.1) is 12.3 Å². The number of esters is 1. The van der Waals surface area contributed by atoms with Crippen LogP contribution < -0.4 is 10.9 Å². The van der Waals surface area contributed by atoms with Gasteiger partial charge in [0.15, 0.2) is 0 Å². The Morgan fingerprint density at radius 2 is 1.79 bits per heavy atom. The average Bonchev–Trinajstić information content (AvgIpc) is 3.33. The van der Waals surface area contributed by atoms with Crippen molar-refractivity contribution in [2.45, 2.75) is 92.7 Å². The van der Waals surface area contributed by atoms with Gasteiger partial charge in [0.1, 0.15) is 6.04 Å². The topological polar surface area (TPSA) is 99.2 Å². The van der Waals surface area contributed by atoms with Crippen molar-refractivity contribution in [2.75, 3.05) is 11.9 Å². The zero-order valence-electron chi connectivity index (χ0n) is 24.3. The van der Waals surface area contributed by atoms with Gasteiger partial charge in [-0.05, 0) is 75.3 Å². The van der Waals surface area contributed by atoms with Crippen molar-refractivity contribution < 1.29 is 13.9 Å². The summed E-state index contributed by atoms with van der Waals surface area (Å²) in [4.78, 5) is 27.1. The molecule has 0 spiro atoms. The summed E-state index contributed by atoms with van der Waals surface area (Å²) in [5.41, 5.74) is 3.37. The van der Waals surface area contributed by atoms with Crippen LogP contribution in [-0.2, 0) is 9.53 Å². The summed E-state index contributed by atoms with van der Waals surface area (Å²) in [6.45, 7) is 14.4. The Hall–Kier alpha value is -3.42. The lowest BCUT2D eigenvalue weighted by Gasteiger charge is -2.29. The van der Waals surface area contributed by atoms with E-state index < -0.39 is 12.0 Å². The molecule has 0 bridgehead atoms. The highest BCUT2D eigenvalue weighted by molar-refractivity contribution is 5.78. The number of hydrogen-bond acceptors (Lipinski definition) is 7. The van der Waals surface area contributed by atoms with Gasteiger partial charge in [0.25, 0.3) is 5.56 Å². The van der Waals surface area contributed by atoms with E-state index in [4.69, 9.17) is 9.15 Å². The summed E-state index contributed by atoms with van der Waals surface area (Å²) in [6.07, 6.45) is 4.92. The molecule has 2 aromatic heterocycles. The summed E-state index contributed by atoms with van der Waals surface area (Å²) in [7, 11) is 0. The number of benzene rings is 1. The summed E-state index contributed by atoms with van der Waals surface area (Å²) in [6, 6.07) is 9.33. The molecule has 1 saturated carbocycles. The van der Waals surface area contributed by atoms with Gasteiger partial charge in [-0.1, -0.05) is 62.6 Å². The van der Waals surface area contributed by atoms with Gasteiger partial charge in [0, 0.05) is 17.7 Å². The Kier molecular flexibility index (Phi) is 8.62. The molecule has 2 heterocycles. The molecule has 4 rings (SSSR count). The van der Waals surface area contributed by atoms with E-state index in [1.54, 1.807) is 11.5 Å². The van der Waals surface area contributed by atoms with Crippen molar-refractivity contribution in [1.82, 2.24) is 14.8 Å². The number of nitrogens with one attached hydrogen (secondary N) is 1. The van der Waals surface area contributed by atoms with Crippen LogP contribution in [0.25, 0.3) is 22.7 Å². The Morgan fingerprint density at radius 1 is 1.13 bits per heavy atom. The number of aromatic nitrogens is 3. The quantitative estimate of drug-likeness (QED) is 0.321. The summed E-state index contributed by atoms with van der Waals surface area (Å²) in [5.74, 6) is 0.605. The lowest BCUT2D eigenvalue weighted by Crippen LogP contribution is -2.35. The summed E-state index contributed by atoms with van der Waals surface area (Å²) in [5, 5.41) is 11.9. The zero-order valence-corrected chi connectivity index (χ0v) is 24.3. The van der Waals surface area contributed by atoms with Gasteiger partial charge in [0.2, 0.25) is 5.89 Å². The van der Waals surface area contributed by atoms with E-state index in [0.717, 1.165) is 35.4 Å². The largest absolute Gasteiger partial charge is 0.464 e. The predicted molar refractivity (Wildman–Crippen MR) is 154 cm³/mol. The molecule has 1 fully saturated rings. The van der Waals surface area contributed by atoms with Gasteiger partial charge in [-0.2, -0.15) is 0 Å². The highest BCUT2D eigenvalue weighted by atomic mass is 16.5. The fourth-order valence-electron chi connectivity index (χ4n) is 5.39. The standard InChI is InChI=1S/C31H42N4O4/c1-8-38-29(37)25(18-31(5,6)7)35-26(36)17-24(21(4)27(35)22-13-9-19(2)10-14-22)28-33-34-30(39-28)32-23-15-11-20(3)12-16-23/h9-10,13-14,17,20,23,25H,8,11-12,15-16,18H2,1-7H3,(H,32,34). The normalized spacial score (nSPS) is 18.5. The van der Waals surface area contributed by atoms with Crippen LogP contribution in [0.2, 0.25) is 0 Å². The first-order valence-corrected chi connectivity index (χ1v) is 14.1. The van der Waals surface area contributed by atoms with Crippen LogP contribution in [0.15, 0.2) is 39.5 Å². The number of hydrogen-bond donors (Lipinski definition) is 1. The number of rotatable bonds is 8. The molecule has 210 valence electrons. The van der Waals surface area contributed by atoms with Crippen LogP contribution in [0.3, 0.4) is 0 Å². The SMILES string of the molecule is CCOC(=O)C(CC(C)(C)C)n1c(-c2ccc(C)cc2)c(C)c(-c2nnc(NC3CCC(C)CC3)o2)cc1=O. The molecule has 3 aromatic rings. The number of aryl methyl sites for hydroxylation is 1. The average molecular weight is 535 g/mol.